The van der Waals surface area contributed by atoms with Crippen molar-refractivity contribution >= 4 is 31.5 Å². The summed E-state index contributed by atoms with van der Waals surface area (Å²) in [6.07, 6.45) is 0. The predicted octanol–water partition coefficient (Wildman–Crippen LogP) is 5.13. The lowest BCUT2D eigenvalue weighted by atomic mass is 10.0. The molecule has 21 heavy (non-hydrogen) atoms. The summed E-state index contributed by atoms with van der Waals surface area (Å²) < 4.78 is 2.28. The molecule has 0 amide bonds. The molecule has 102 valence electrons. The SMILES string of the molecule is Oc1cccc(O)c1-c1cccc2c1sc1ccccc12. The largest absolute Gasteiger partial charge is 0.507 e. The Morgan fingerprint density at radius 3 is 2.14 bits per heavy atom. The van der Waals surface area contributed by atoms with Gasteiger partial charge in [0, 0.05) is 25.7 Å². The van der Waals surface area contributed by atoms with Crippen LogP contribution in [-0.4, -0.2) is 10.2 Å². The van der Waals surface area contributed by atoms with E-state index in [1.165, 1.54) is 10.1 Å². The Bertz CT molecular complexity index is 949. The predicted molar refractivity (Wildman–Crippen MR) is 88.1 cm³/mol. The van der Waals surface area contributed by atoms with Crippen LogP contribution in [0.5, 0.6) is 11.5 Å². The Morgan fingerprint density at radius 1 is 0.667 bits per heavy atom. The van der Waals surface area contributed by atoms with Gasteiger partial charge >= 0.3 is 0 Å². The number of hydrogen-bond acceptors (Lipinski definition) is 3. The zero-order valence-corrected chi connectivity index (χ0v) is 11.9. The molecule has 4 rings (SSSR count). The van der Waals surface area contributed by atoms with Crippen molar-refractivity contribution in [2.75, 3.05) is 0 Å². The summed E-state index contributed by atoms with van der Waals surface area (Å²) >= 11 is 1.68. The molecule has 1 heterocycles. The van der Waals surface area contributed by atoms with Gasteiger partial charge in [-0.25, -0.2) is 0 Å². The molecule has 0 radical (unpaired) electrons. The molecule has 2 nitrogen and oxygen atoms in total. The topological polar surface area (TPSA) is 40.5 Å². The fourth-order valence-electron chi connectivity index (χ4n) is 2.75. The molecule has 2 N–H and O–H groups in total. The van der Waals surface area contributed by atoms with E-state index in [1.807, 2.05) is 24.3 Å². The second-order valence-corrected chi connectivity index (χ2v) is 6.00. The van der Waals surface area contributed by atoms with Crippen molar-refractivity contribution < 1.29 is 10.2 Å². The summed E-state index contributed by atoms with van der Waals surface area (Å²) in [6, 6.07) is 19.1. The highest BCUT2D eigenvalue weighted by atomic mass is 32.1. The first-order valence-electron chi connectivity index (χ1n) is 6.67. The summed E-state index contributed by atoms with van der Waals surface area (Å²) in [4.78, 5) is 0. The van der Waals surface area contributed by atoms with E-state index < -0.39 is 0 Å². The van der Waals surface area contributed by atoms with Gasteiger partial charge in [0.1, 0.15) is 11.5 Å². The van der Waals surface area contributed by atoms with Gasteiger partial charge in [0.2, 0.25) is 0 Å². The maximum absolute atomic E-state index is 10.1. The van der Waals surface area contributed by atoms with E-state index in [2.05, 4.69) is 18.2 Å². The molecule has 0 saturated carbocycles. The Morgan fingerprint density at radius 2 is 1.33 bits per heavy atom. The molecule has 0 fully saturated rings. The Balaban J connectivity index is 2.15. The first kappa shape index (κ1) is 12.2. The fraction of sp³-hybridized carbons (Fsp3) is 0. The van der Waals surface area contributed by atoms with E-state index in [0.717, 1.165) is 15.6 Å². The average molecular weight is 292 g/mol. The van der Waals surface area contributed by atoms with Crippen molar-refractivity contribution in [2.24, 2.45) is 0 Å². The maximum Gasteiger partial charge on any atom is 0.127 e. The quantitative estimate of drug-likeness (QED) is 0.510. The van der Waals surface area contributed by atoms with Crippen molar-refractivity contribution in [1.82, 2.24) is 0 Å². The Labute approximate surface area is 125 Å². The van der Waals surface area contributed by atoms with Crippen LogP contribution in [-0.2, 0) is 0 Å². The number of phenols is 2. The third-order valence-electron chi connectivity index (χ3n) is 3.69. The number of fused-ring (bicyclic) bond motifs is 3. The van der Waals surface area contributed by atoms with Crippen LogP contribution in [0.2, 0.25) is 0 Å². The van der Waals surface area contributed by atoms with Crippen LogP contribution in [0.25, 0.3) is 31.3 Å². The van der Waals surface area contributed by atoms with Gasteiger partial charge in [-0.15, -0.1) is 11.3 Å². The summed E-state index contributed by atoms with van der Waals surface area (Å²) in [5.41, 5.74) is 1.36. The third kappa shape index (κ3) is 1.78. The van der Waals surface area contributed by atoms with E-state index in [9.17, 15) is 10.2 Å². The molecule has 3 heteroatoms. The van der Waals surface area contributed by atoms with E-state index in [-0.39, 0.29) is 11.5 Å². The molecule has 0 aliphatic carbocycles. The number of thiophene rings is 1. The van der Waals surface area contributed by atoms with Crippen LogP contribution in [0, 0.1) is 0 Å². The lowest BCUT2D eigenvalue weighted by molar-refractivity contribution is 0.454. The first-order valence-corrected chi connectivity index (χ1v) is 7.49. The van der Waals surface area contributed by atoms with Crippen molar-refractivity contribution in [3.05, 3.63) is 60.7 Å². The molecule has 0 atom stereocenters. The highest BCUT2D eigenvalue weighted by Crippen LogP contribution is 2.44. The van der Waals surface area contributed by atoms with Gasteiger partial charge in [-0.1, -0.05) is 42.5 Å². The van der Waals surface area contributed by atoms with Crippen molar-refractivity contribution in [3.63, 3.8) is 0 Å². The van der Waals surface area contributed by atoms with Crippen LogP contribution in [0.3, 0.4) is 0 Å². The standard InChI is InChI=1S/C18H12O2S/c19-14-8-4-9-15(20)17(14)13-7-3-6-12-11-5-1-2-10-16(11)21-18(12)13/h1-10,19-20H. The van der Waals surface area contributed by atoms with Crippen LogP contribution < -0.4 is 0 Å². The monoisotopic (exact) mass is 292 g/mol. The van der Waals surface area contributed by atoms with Gasteiger partial charge in [0.15, 0.2) is 0 Å². The molecular weight excluding hydrogens is 280 g/mol. The van der Waals surface area contributed by atoms with Crippen LogP contribution in [0.15, 0.2) is 60.7 Å². The number of hydrogen-bond donors (Lipinski definition) is 2. The highest BCUT2D eigenvalue weighted by Gasteiger charge is 2.15. The number of benzene rings is 3. The second kappa shape index (κ2) is 4.50. The smallest absolute Gasteiger partial charge is 0.127 e. The molecule has 4 aromatic rings. The van der Waals surface area contributed by atoms with Gasteiger partial charge in [-0.05, 0) is 18.2 Å². The van der Waals surface area contributed by atoms with Gasteiger partial charge in [-0.2, -0.15) is 0 Å². The van der Waals surface area contributed by atoms with E-state index >= 15 is 0 Å². The molecule has 0 aliphatic heterocycles. The first-order chi connectivity index (χ1) is 10.3. The summed E-state index contributed by atoms with van der Waals surface area (Å²) in [6.45, 7) is 0. The van der Waals surface area contributed by atoms with Crippen molar-refractivity contribution in [2.45, 2.75) is 0 Å². The molecule has 0 saturated heterocycles. The zero-order chi connectivity index (χ0) is 14.4. The Kier molecular flexibility index (Phi) is 2.62. The minimum atomic E-state index is 0.0972. The summed E-state index contributed by atoms with van der Waals surface area (Å²) in [7, 11) is 0. The molecule has 0 aliphatic rings. The molecule has 0 spiro atoms. The zero-order valence-electron chi connectivity index (χ0n) is 11.1. The summed E-state index contributed by atoms with van der Waals surface area (Å²) in [5, 5.41) is 22.6. The minimum absolute atomic E-state index is 0.0972. The normalized spacial score (nSPS) is 11.2. The minimum Gasteiger partial charge on any atom is -0.507 e. The van der Waals surface area contributed by atoms with Crippen molar-refractivity contribution in [3.8, 4) is 22.6 Å². The van der Waals surface area contributed by atoms with Gasteiger partial charge < -0.3 is 10.2 Å². The van der Waals surface area contributed by atoms with Crippen LogP contribution >= 0.6 is 11.3 Å². The van der Waals surface area contributed by atoms with Gasteiger partial charge in [0.05, 0.1) is 5.56 Å². The Hall–Kier alpha value is -2.52. The van der Waals surface area contributed by atoms with Crippen LogP contribution in [0.4, 0.5) is 0 Å². The van der Waals surface area contributed by atoms with E-state index in [1.54, 1.807) is 29.5 Å². The second-order valence-electron chi connectivity index (χ2n) is 4.95. The van der Waals surface area contributed by atoms with E-state index in [0.29, 0.717) is 5.56 Å². The lowest BCUT2D eigenvalue weighted by Crippen LogP contribution is -1.81. The highest BCUT2D eigenvalue weighted by molar-refractivity contribution is 7.26. The summed E-state index contributed by atoms with van der Waals surface area (Å²) in [5.74, 6) is 0.194. The van der Waals surface area contributed by atoms with E-state index in [4.69, 9.17) is 0 Å². The van der Waals surface area contributed by atoms with Gasteiger partial charge in [-0.3, -0.25) is 0 Å². The van der Waals surface area contributed by atoms with Gasteiger partial charge in [0.25, 0.3) is 0 Å². The average Bonchev–Trinajstić information content (AvgIpc) is 2.87. The molecule has 0 unspecified atom stereocenters. The van der Waals surface area contributed by atoms with Crippen molar-refractivity contribution in [1.29, 1.82) is 0 Å². The third-order valence-corrected chi connectivity index (χ3v) is 4.91. The van der Waals surface area contributed by atoms with Crippen LogP contribution in [0.1, 0.15) is 0 Å². The molecule has 3 aromatic carbocycles. The fourth-order valence-corrected chi connectivity index (χ4v) is 3.97. The molecule has 1 aromatic heterocycles. The molecular formula is C18H12O2S. The maximum atomic E-state index is 10.1. The number of phenolic OH excluding ortho intramolecular Hbond substituents is 2. The number of rotatable bonds is 1. The number of aromatic hydroxyl groups is 2. The lowest BCUT2D eigenvalue weighted by Gasteiger charge is -2.08. The molecule has 0 bridgehead atoms.